The molecule has 0 saturated heterocycles. The molecule has 1 unspecified atom stereocenters. The van der Waals surface area contributed by atoms with Crippen LogP contribution in [0.5, 0.6) is 5.75 Å². The summed E-state index contributed by atoms with van der Waals surface area (Å²) in [5, 5.41) is 13.9. The van der Waals surface area contributed by atoms with E-state index < -0.39 is 12.1 Å². The SMILES string of the molecule is O=C(O)C(Cc1cccc2ccccc12)Oc1ccc2ccccc2c1. The zero-order chi connectivity index (χ0) is 17.9. The average Bonchev–Trinajstić information content (AvgIpc) is 2.67. The molecule has 4 rings (SSSR count). The largest absolute Gasteiger partial charge is 0.478 e. The van der Waals surface area contributed by atoms with Crippen LogP contribution in [-0.2, 0) is 11.2 Å². The van der Waals surface area contributed by atoms with Crippen LogP contribution >= 0.6 is 0 Å². The quantitative estimate of drug-likeness (QED) is 0.551. The summed E-state index contributed by atoms with van der Waals surface area (Å²) in [5.74, 6) is -0.401. The number of hydrogen-bond donors (Lipinski definition) is 1. The number of hydrogen-bond acceptors (Lipinski definition) is 2. The van der Waals surface area contributed by atoms with Crippen LogP contribution in [0.2, 0.25) is 0 Å². The third-order valence-corrected chi connectivity index (χ3v) is 4.56. The zero-order valence-corrected chi connectivity index (χ0v) is 14.1. The van der Waals surface area contributed by atoms with Crippen molar-refractivity contribution in [2.24, 2.45) is 0 Å². The summed E-state index contributed by atoms with van der Waals surface area (Å²) in [7, 11) is 0. The van der Waals surface area contributed by atoms with E-state index in [9.17, 15) is 9.90 Å². The number of carboxylic acid groups (broad SMARTS) is 1. The van der Waals surface area contributed by atoms with Gasteiger partial charge in [-0.2, -0.15) is 0 Å². The molecule has 0 spiro atoms. The van der Waals surface area contributed by atoms with E-state index in [0.717, 1.165) is 27.1 Å². The van der Waals surface area contributed by atoms with E-state index in [-0.39, 0.29) is 0 Å². The van der Waals surface area contributed by atoms with E-state index in [1.165, 1.54) is 0 Å². The fourth-order valence-corrected chi connectivity index (χ4v) is 3.25. The van der Waals surface area contributed by atoms with Gasteiger partial charge in [-0.1, -0.05) is 72.8 Å². The number of carboxylic acids is 1. The highest BCUT2D eigenvalue weighted by Crippen LogP contribution is 2.24. The average molecular weight is 342 g/mol. The summed E-state index contributed by atoms with van der Waals surface area (Å²) in [6.45, 7) is 0. The summed E-state index contributed by atoms with van der Waals surface area (Å²) in [6.07, 6.45) is -0.634. The van der Waals surface area contributed by atoms with E-state index >= 15 is 0 Å². The van der Waals surface area contributed by atoms with Gasteiger partial charge in [0.25, 0.3) is 0 Å². The van der Waals surface area contributed by atoms with E-state index in [0.29, 0.717) is 12.2 Å². The van der Waals surface area contributed by atoms with Gasteiger partial charge < -0.3 is 9.84 Å². The molecule has 0 heterocycles. The van der Waals surface area contributed by atoms with Crippen molar-refractivity contribution in [3.8, 4) is 5.75 Å². The molecule has 0 amide bonds. The molecule has 1 N–H and O–H groups in total. The fourth-order valence-electron chi connectivity index (χ4n) is 3.25. The summed E-state index contributed by atoms with van der Waals surface area (Å²) in [4.78, 5) is 11.8. The normalized spacial score (nSPS) is 12.2. The van der Waals surface area contributed by atoms with Crippen molar-refractivity contribution < 1.29 is 14.6 Å². The van der Waals surface area contributed by atoms with Crippen molar-refractivity contribution in [2.75, 3.05) is 0 Å². The first-order valence-electron chi connectivity index (χ1n) is 8.55. The van der Waals surface area contributed by atoms with Gasteiger partial charge in [-0.15, -0.1) is 0 Å². The Morgan fingerprint density at radius 3 is 2.31 bits per heavy atom. The molecule has 26 heavy (non-hydrogen) atoms. The molecule has 0 saturated carbocycles. The summed E-state index contributed by atoms with van der Waals surface area (Å²) in [5.41, 5.74) is 0.969. The number of aliphatic carboxylic acids is 1. The summed E-state index contributed by atoms with van der Waals surface area (Å²) < 4.78 is 5.84. The number of fused-ring (bicyclic) bond motifs is 2. The van der Waals surface area contributed by atoms with Gasteiger partial charge in [0, 0.05) is 6.42 Å². The van der Waals surface area contributed by atoms with Crippen molar-refractivity contribution in [3.63, 3.8) is 0 Å². The van der Waals surface area contributed by atoms with Gasteiger partial charge in [-0.05, 0) is 39.2 Å². The monoisotopic (exact) mass is 342 g/mol. The first kappa shape index (κ1) is 16.2. The Bertz CT molecular complexity index is 1080. The number of ether oxygens (including phenoxy) is 1. The maximum absolute atomic E-state index is 11.8. The minimum absolute atomic E-state index is 0.309. The van der Waals surface area contributed by atoms with Crippen LogP contribution < -0.4 is 4.74 Å². The van der Waals surface area contributed by atoms with Gasteiger partial charge in [-0.3, -0.25) is 0 Å². The van der Waals surface area contributed by atoms with Gasteiger partial charge in [0.2, 0.25) is 0 Å². The second kappa shape index (κ2) is 6.89. The molecule has 0 radical (unpaired) electrons. The van der Waals surface area contributed by atoms with Crippen molar-refractivity contribution in [2.45, 2.75) is 12.5 Å². The third kappa shape index (κ3) is 3.24. The van der Waals surface area contributed by atoms with E-state index in [1.54, 1.807) is 0 Å². The Hall–Kier alpha value is -3.33. The molecule has 0 aliphatic rings. The first-order valence-corrected chi connectivity index (χ1v) is 8.55. The van der Waals surface area contributed by atoms with Crippen molar-refractivity contribution in [1.82, 2.24) is 0 Å². The zero-order valence-electron chi connectivity index (χ0n) is 14.1. The maximum atomic E-state index is 11.8. The lowest BCUT2D eigenvalue weighted by molar-refractivity contribution is -0.145. The predicted molar refractivity (Wildman–Crippen MR) is 104 cm³/mol. The molecular weight excluding hydrogens is 324 g/mol. The molecule has 128 valence electrons. The Morgan fingerprint density at radius 2 is 1.50 bits per heavy atom. The highest BCUT2D eigenvalue weighted by atomic mass is 16.5. The number of carbonyl (C=O) groups is 1. The Morgan fingerprint density at radius 1 is 0.808 bits per heavy atom. The van der Waals surface area contributed by atoms with Crippen LogP contribution in [0, 0.1) is 0 Å². The third-order valence-electron chi connectivity index (χ3n) is 4.56. The summed E-state index contributed by atoms with van der Waals surface area (Å²) in [6, 6.07) is 27.5. The second-order valence-corrected chi connectivity index (χ2v) is 6.30. The van der Waals surface area contributed by atoms with Crippen LogP contribution in [0.15, 0.2) is 84.9 Å². The van der Waals surface area contributed by atoms with Crippen LogP contribution in [0.4, 0.5) is 0 Å². The van der Waals surface area contributed by atoms with Gasteiger partial charge in [0.05, 0.1) is 0 Å². The maximum Gasteiger partial charge on any atom is 0.345 e. The predicted octanol–water partition coefficient (Wildman–Crippen LogP) is 5.07. The minimum Gasteiger partial charge on any atom is -0.478 e. The van der Waals surface area contributed by atoms with E-state index in [2.05, 4.69) is 0 Å². The molecule has 3 nitrogen and oxygen atoms in total. The molecule has 0 aliphatic heterocycles. The topological polar surface area (TPSA) is 46.5 Å². The van der Waals surface area contributed by atoms with Crippen LogP contribution in [0.1, 0.15) is 5.56 Å². The highest BCUT2D eigenvalue weighted by Gasteiger charge is 2.21. The van der Waals surface area contributed by atoms with Gasteiger partial charge in [0.15, 0.2) is 6.10 Å². The first-order chi connectivity index (χ1) is 12.7. The molecule has 0 aliphatic carbocycles. The lowest BCUT2D eigenvalue weighted by Gasteiger charge is -2.17. The Balaban J connectivity index is 1.64. The van der Waals surface area contributed by atoms with Crippen molar-refractivity contribution in [3.05, 3.63) is 90.5 Å². The van der Waals surface area contributed by atoms with Crippen molar-refractivity contribution in [1.29, 1.82) is 0 Å². The van der Waals surface area contributed by atoms with E-state index in [4.69, 9.17) is 4.74 Å². The van der Waals surface area contributed by atoms with Crippen LogP contribution in [-0.4, -0.2) is 17.2 Å². The van der Waals surface area contributed by atoms with Gasteiger partial charge in [0.1, 0.15) is 5.75 Å². The molecule has 4 aromatic carbocycles. The summed E-state index contributed by atoms with van der Waals surface area (Å²) >= 11 is 0. The molecule has 0 bridgehead atoms. The van der Waals surface area contributed by atoms with Gasteiger partial charge >= 0.3 is 5.97 Å². The lowest BCUT2D eigenvalue weighted by atomic mass is 10.00. The van der Waals surface area contributed by atoms with Gasteiger partial charge in [-0.25, -0.2) is 4.79 Å². The molecular formula is C23H18O3. The second-order valence-electron chi connectivity index (χ2n) is 6.30. The molecule has 4 aromatic rings. The standard InChI is InChI=1S/C23H18O3/c24-23(25)22(15-19-10-5-9-17-7-3-4-11-21(17)19)26-20-13-12-16-6-1-2-8-18(16)14-20/h1-14,22H,15H2,(H,24,25). The molecule has 0 aromatic heterocycles. The number of rotatable bonds is 5. The van der Waals surface area contributed by atoms with Crippen LogP contribution in [0.3, 0.4) is 0 Å². The van der Waals surface area contributed by atoms with E-state index in [1.807, 2.05) is 84.9 Å². The Kier molecular flexibility index (Phi) is 4.28. The highest BCUT2D eigenvalue weighted by molar-refractivity contribution is 5.87. The fraction of sp³-hybridized carbons (Fsp3) is 0.0870. The smallest absolute Gasteiger partial charge is 0.345 e. The minimum atomic E-state index is -0.967. The molecule has 3 heteroatoms. The molecule has 0 fully saturated rings. The number of benzene rings is 4. The lowest BCUT2D eigenvalue weighted by Crippen LogP contribution is -2.29. The van der Waals surface area contributed by atoms with Crippen molar-refractivity contribution >= 4 is 27.5 Å². The molecule has 1 atom stereocenters. The van der Waals surface area contributed by atoms with Crippen LogP contribution in [0.25, 0.3) is 21.5 Å². The Labute approximate surface area is 151 Å².